The van der Waals surface area contributed by atoms with Crippen molar-refractivity contribution in [3.8, 4) is 0 Å². The third-order valence-corrected chi connectivity index (χ3v) is 3.31. The van der Waals surface area contributed by atoms with Gasteiger partial charge in [-0.05, 0) is 63.4 Å². The maximum atomic E-state index is 11.1. The molecule has 0 amide bonds. The molecule has 2 nitrogen and oxygen atoms in total. The first-order valence-electron chi connectivity index (χ1n) is 3.97. The van der Waals surface area contributed by atoms with E-state index in [0.717, 1.165) is 18.1 Å². The van der Waals surface area contributed by atoms with Crippen molar-refractivity contribution in [2.45, 2.75) is 6.92 Å². The summed E-state index contributed by atoms with van der Waals surface area (Å²) < 4.78 is 7.64. The zero-order valence-electron chi connectivity index (χ0n) is 7.30. The van der Waals surface area contributed by atoms with Crippen LogP contribution >= 0.6 is 45.2 Å². The summed E-state index contributed by atoms with van der Waals surface area (Å²) in [5, 5.41) is 0.992. The second-order valence-electron chi connectivity index (χ2n) is 2.97. The van der Waals surface area contributed by atoms with Gasteiger partial charge in [0, 0.05) is 15.9 Å². The Labute approximate surface area is 108 Å². The van der Waals surface area contributed by atoms with Crippen molar-refractivity contribution in [1.29, 1.82) is 0 Å². The van der Waals surface area contributed by atoms with Crippen LogP contribution in [0.15, 0.2) is 22.6 Å². The number of carbonyl (C=O) groups excluding carboxylic acids is 1. The first kappa shape index (κ1) is 10.4. The van der Waals surface area contributed by atoms with Gasteiger partial charge in [-0.2, -0.15) is 0 Å². The number of hydrogen-bond donors (Lipinski definition) is 0. The molecule has 0 radical (unpaired) electrons. The summed E-state index contributed by atoms with van der Waals surface area (Å²) in [6, 6.07) is 5.83. The van der Waals surface area contributed by atoms with Gasteiger partial charge in [0.1, 0.15) is 5.58 Å². The van der Waals surface area contributed by atoms with Crippen LogP contribution in [0.25, 0.3) is 11.0 Å². The van der Waals surface area contributed by atoms with Crippen LogP contribution < -0.4 is 0 Å². The normalized spacial score (nSPS) is 10.8. The molecule has 0 aliphatic rings. The minimum Gasteiger partial charge on any atom is -0.452 e. The molecule has 0 atom stereocenters. The van der Waals surface area contributed by atoms with Gasteiger partial charge in [-0.25, -0.2) is 0 Å². The van der Waals surface area contributed by atoms with Crippen molar-refractivity contribution in [3.63, 3.8) is 0 Å². The van der Waals surface area contributed by atoms with E-state index in [-0.39, 0.29) is 5.78 Å². The highest BCUT2D eigenvalue weighted by Crippen LogP contribution is 2.27. The van der Waals surface area contributed by atoms with E-state index in [1.54, 1.807) is 6.07 Å². The largest absolute Gasteiger partial charge is 0.452 e. The Morgan fingerprint density at radius 3 is 2.64 bits per heavy atom. The Hall–Kier alpha value is -0.110. The molecule has 4 heteroatoms. The van der Waals surface area contributed by atoms with Crippen molar-refractivity contribution in [2.75, 3.05) is 0 Å². The summed E-state index contributed by atoms with van der Waals surface area (Å²) in [6.45, 7) is 1.51. The quantitative estimate of drug-likeness (QED) is 0.527. The predicted octanol–water partition coefficient (Wildman–Crippen LogP) is 3.84. The fraction of sp³-hybridized carbons (Fsp3) is 0.100. The number of ketones is 1. The maximum Gasteiger partial charge on any atom is 0.194 e. The molecule has 2 aromatic rings. The second kappa shape index (κ2) is 3.80. The number of benzene rings is 1. The van der Waals surface area contributed by atoms with Crippen LogP contribution in [0.1, 0.15) is 17.5 Å². The molecular formula is C10H6I2O2. The number of halogens is 2. The van der Waals surface area contributed by atoms with Crippen LogP contribution in [-0.2, 0) is 0 Å². The Kier molecular flexibility index (Phi) is 2.83. The lowest BCUT2D eigenvalue weighted by Gasteiger charge is -1.93. The fourth-order valence-corrected chi connectivity index (χ4v) is 3.25. The molecule has 0 spiro atoms. The zero-order chi connectivity index (χ0) is 10.3. The Morgan fingerprint density at radius 2 is 2.00 bits per heavy atom. The summed E-state index contributed by atoms with van der Waals surface area (Å²) in [4.78, 5) is 11.1. The van der Waals surface area contributed by atoms with Crippen molar-refractivity contribution < 1.29 is 9.21 Å². The van der Waals surface area contributed by atoms with E-state index in [4.69, 9.17) is 4.42 Å². The average molecular weight is 412 g/mol. The molecule has 0 fully saturated rings. The van der Waals surface area contributed by atoms with Gasteiger partial charge in [0.05, 0.1) is 3.57 Å². The summed E-state index contributed by atoms with van der Waals surface area (Å²) in [5.74, 6) is 0.395. The smallest absolute Gasteiger partial charge is 0.194 e. The van der Waals surface area contributed by atoms with Gasteiger partial charge in [-0.3, -0.25) is 4.79 Å². The number of furan rings is 1. The van der Waals surface area contributed by atoms with E-state index in [1.165, 1.54) is 6.92 Å². The van der Waals surface area contributed by atoms with Gasteiger partial charge in [-0.15, -0.1) is 0 Å². The minimum absolute atomic E-state index is 0.0352. The molecule has 14 heavy (non-hydrogen) atoms. The molecule has 0 aliphatic heterocycles. The highest BCUT2D eigenvalue weighted by Gasteiger charge is 2.10. The lowest BCUT2D eigenvalue weighted by molar-refractivity contribution is 0.0989. The number of hydrogen-bond acceptors (Lipinski definition) is 2. The summed E-state index contributed by atoms with van der Waals surface area (Å²) >= 11 is 4.46. The van der Waals surface area contributed by atoms with E-state index in [1.807, 2.05) is 12.1 Å². The van der Waals surface area contributed by atoms with Crippen LogP contribution in [0.4, 0.5) is 0 Å². The number of Topliss-reactive ketones (excluding diaryl/α,β-unsaturated/α-hetero) is 1. The SMILES string of the molecule is CC(=O)c1cc2cc(I)cc(I)c2o1. The fourth-order valence-electron chi connectivity index (χ4n) is 1.25. The van der Waals surface area contributed by atoms with Gasteiger partial charge < -0.3 is 4.42 Å². The molecule has 0 saturated heterocycles. The molecule has 0 unspecified atom stereocenters. The van der Waals surface area contributed by atoms with Crippen molar-refractivity contribution >= 4 is 61.9 Å². The van der Waals surface area contributed by atoms with Gasteiger partial charge in [-0.1, -0.05) is 0 Å². The van der Waals surface area contributed by atoms with Gasteiger partial charge in [0.15, 0.2) is 11.5 Å². The van der Waals surface area contributed by atoms with Crippen molar-refractivity contribution in [2.24, 2.45) is 0 Å². The van der Waals surface area contributed by atoms with E-state index in [9.17, 15) is 4.79 Å². The van der Waals surface area contributed by atoms with Crippen LogP contribution in [-0.4, -0.2) is 5.78 Å². The van der Waals surface area contributed by atoms with Crippen molar-refractivity contribution in [1.82, 2.24) is 0 Å². The molecule has 1 aromatic carbocycles. The predicted molar refractivity (Wildman–Crippen MR) is 71.7 cm³/mol. The van der Waals surface area contributed by atoms with Gasteiger partial charge in [0.2, 0.25) is 0 Å². The highest BCUT2D eigenvalue weighted by atomic mass is 127. The van der Waals surface area contributed by atoms with Gasteiger partial charge in [0.25, 0.3) is 0 Å². The first-order chi connectivity index (χ1) is 6.58. The molecule has 0 bridgehead atoms. The molecule has 1 aromatic heterocycles. The summed E-state index contributed by atoms with van der Waals surface area (Å²) in [6.07, 6.45) is 0. The lowest BCUT2D eigenvalue weighted by Crippen LogP contribution is -1.85. The number of fused-ring (bicyclic) bond motifs is 1. The van der Waals surface area contributed by atoms with Crippen LogP contribution in [0, 0.1) is 7.14 Å². The topological polar surface area (TPSA) is 30.2 Å². The van der Waals surface area contributed by atoms with E-state index >= 15 is 0 Å². The summed E-state index contributed by atoms with van der Waals surface area (Å²) in [5.41, 5.74) is 0.802. The van der Waals surface area contributed by atoms with E-state index < -0.39 is 0 Å². The molecule has 0 aliphatic carbocycles. The Balaban J connectivity index is 2.76. The first-order valence-corrected chi connectivity index (χ1v) is 6.13. The molecule has 72 valence electrons. The molecular weight excluding hydrogens is 406 g/mol. The van der Waals surface area contributed by atoms with Gasteiger partial charge >= 0.3 is 0 Å². The molecule has 1 heterocycles. The number of carbonyl (C=O) groups is 1. The maximum absolute atomic E-state index is 11.1. The Morgan fingerprint density at radius 1 is 1.29 bits per heavy atom. The zero-order valence-corrected chi connectivity index (χ0v) is 11.6. The van der Waals surface area contributed by atoms with E-state index in [2.05, 4.69) is 45.2 Å². The summed E-state index contributed by atoms with van der Waals surface area (Å²) in [7, 11) is 0. The third-order valence-electron chi connectivity index (χ3n) is 1.88. The molecule has 2 rings (SSSR count). The highest BCUT2D eigenvalue weighted by molar-refractivity contribution is 14.1. The minimum atomic E-state index is -0.0352. The monoisotopic (exact) mass is 412 g/mol. The third kappa shape index (κ3) is 1.81. The standard InChI is InChI=1S/C10H6I2O2/c1-5(13)9-3-6-2-7(11)4-8(12)10(6)14-9/h2-4H,1H3. The molecule has 0 saturated carbocycles. The lowest BCUT2D eigenvalue weighted by atomic mass is 10.2. The van der Waals surface area contributed by atoms with Crippen LogP contribution in [0.5, 0.6) is 0 Å². The second-order valence-corrected chi connectivity index (χ2v) is 5.38. The van der Waals surface area contributed by atoms with Crippen molar-refractivity contribution in [3.05, 3.63) is 31.1 Å². The number of rotatable bonds is 1. The van der Waals surface area contributed by atoms with Crippen LogP contribution in [0.2, 0.25) is 0 Å². The Bertz CT molecular complexity index is 514. The van der Waals surface area contributed by atoms with Crippen LogP contribution in [0.3, 0.4) is 0 Å². The van der Waals surface area contributed by atoms with E-state index in [0.29, 0.717) is 5.76 Å². The average Bonchev–Trinajstić information content (AvgIpc) is 2.47. The molecule has 0 N–H and O–H groups in total.